The van der Waals surface area contributed by atoms with Gasteiger partial charge < -0.3 is 5.11 Å². The molecule has 1 aromatic heterocycles. The summed E-state index contributed by atoms with van der Waals surface area (Å²) in [7, 11) is 0. The van der Waals surface area contributed by atoms with Gasteiger partial charge in [0.25, 0.3) is 0 Å². The van der Waals surface area contributed by atoms with Gasteiger partial charge in [0.1, 0.15) is 0 Å². The number of carboxylic acids is 1. The molecule has 0 aliphatic rings. The summed E-state index contributed by atoms with van der Waals surface area (Å²) in [5, 5.41) is 15.6. The fourth-order valence-electron chi connectivity index (χ4n) is 2.79. The summed E-state index contributed by atoms with van der Waals surface area (Å²) in [5.74, 6) is -0.768. The van der Waals surface area contributed by atoms with E-state index in [0.29, 0.717) is 12.8 Å². The van der Waals surface area contributed by atoms with E-state index < -0.39 is 5.97 Å². The van der Waals surface area contributed by atoms with E-state index in [-0.39, 0.29) is 6.42 Å². The van der Waals surface area contributed by atoms with Gasteiger partial charge >= 0.3 is 5.97 Å². The smallest absolute Gasteiger partial charge is 0.303 e. The lowest BCUT2D eigenvalue weighted by atomic mass is 10.1. The molecule has 2 aromatic carbocycles. The molecule has 0 amide bonds. The maximum Gasteiger partial charge on any atom is 0.303 e. The Balaban J connectivity index is 1.80. The molecule has 132 valence electrons. The Labute approximate surface area is 152 Å². The summed E-state index contributed by atoms with van der Waals surface area (Å²) < 4.78 is 0. The number of hydrogen-bond acceptors (Lipinski definition) is 4. The van der Waals surface area contributed by atoms with Crippen LogP contribution < -0.4 is 5.43 Å². The van der Waals surface area contributed by atoms with Gasteiger partial charge in [-0.2, -0.15) is 5.10 Å². The van der Waals surface area contributed by atoms with Crippen molar-refractivity contribution in [2.45, 2.75) is 25.7 Å². The normalized spacial score (nSPS) is 11.5. The van der Waals surface area contributed by atoms with Gasteiger partial charge in [-0.05, 0) is 42.8 Å². The highest BCUT2D eigenvalue weighted by Gasteiger charge is 2.07. The Morgan fingerprint density at radius 3 is 2.54 bits per heavy atom. The Hall–Kier alpha value is -3.21. The molecule has 0 aliphatic heterocycles. The molecule has 0 aliphatic carbocycles. The summed E-state index contributed by atoms with van der Waals surface area (Å²) >= 11 is 0. The van der Waals surface area contributed by atoms with Crippen LogP contribution in [-0.2, 0) is 4.79 Å². The van der Waals surface area contributed by atoms with E-state index in [9.17, 15) is 4.79 Å². The topological polar surface area (TPSA) is 74.6 Å². The van der Waals surface area contributed by atoms with Crippen LogP contribution in [0.2, 0.25) is 0 Å². The van der Waals surface area contributed by atoms with E-state index in [0.717, 1.165) is 34.3 Å². The number of unbranched alkanes of at least 4 members (excludes halogenated alkanes) is 1. The minimum absolute atomic E-state index is 0.173. The van der Waals surface area contributed by atoms with Crippen molar-refractivity contribution in [3.63, 3.8) is 0 Å². The van der Waals surface area contributed by atoms with Crippen LogP contribution in [0.4, 0.5) is 5.69 Å². The number of hydrazone groups is 1. The first-order valence-electron chi connectivity index (χ1n) is 8.67. The first-order chi connectivity index (χ1) is 12.7. The number of aromatic nitrogens is 1. The van der Waals surface area contributed by atoms with Crippen molar-refractivity contribution in [1.29, 1.82) is 0 Å². The maximum absolute atomic E-state index is 10.7. The molecule has 3 rings (SSSR count). The molecule has 0 atom stereocenters. The number of carbonyl (C=O) groups is 1. The van der Waals surface area contributed by atoms with Crippen molar-refractivity contribution in [1.82, 2.24) is 4.98 Å². The molecule has 0 bridgehead atoms. The molecule has 26 heavy (non-hydrogen) atoms. The lowest BCUT2D eigenvalue weighted by Gasteiger charge is -2.09. The van der Waals surface area contributed by atoms with Crippen LogP contribution in [0, 0.1) is 0 Å². The van der Waals surface area contributed by atoms with E-state index in [1.54, 1.807) is 6.20 Å². The third-order valence-corrected chi connectivity index (χ3v) is 4.12. The molecule has 2 N–H and O–H groups in total. The molecule has 0 spiro atoms. The lowest BCUT2D eigenvalue weighted by Crippen LogP contribution is -2.07. The van der Waals surface area contributed by atoms with Crippen LogP contribution in [0.5, 0.6) is 0 Å². The Morgan fingerprint density at radius 2 is 1.73 bits per heavy atom. The summed E-state index contributed by atoms with van der Waals surface area (Å²) in [6.45, 7) is 0. The predicted octanol–water partition coefficient (Wildman–Crippen LogP) is 4.70. The number of benzene rings is 2. The van der Waals surface area contributed by atoms with Crippen molar-refractivity contribution in [3.8, 4) is 0 Å². The number of anilines is 1. The Morgan fingerprint density at radius 1 is 0.962 bits per heavy atom. The molecular weight excluding hydrogens is 326 g/mol. The average molecular weight is 347 g/mol. The van der Waals surface area contributed by atoms with Gasteiger partial charge in [0, 0.05) is 18.0 Å². The highest BCUT2D eigenvalue weighted by atomic mass is 16.4. The monoisotopic (exact) mass is 347 g/mol. The van der Waals surface area contributed by atoms with Gasteiger partial charge in [-0.15, -0.1) is 0 Å². The first-order valence-corrected chi connectivity index (χ1v) is 8.67. The number of rotatable bonds is 8. The van der Waals surface area contributed by atoms with Crippen molar-refractivity contribution in [2.75, 3.05) is 5.43 Å². The number of pyridine rings is 1. The van der Waals surface area contributed by atoms with Gasteiger partial charge in [-0.25, -0.2) is 0 Å². The minimum atomic E-state index is -0.768. The van der Waals surface area contributed by atoms with Crippen LogP contribution in [0.3, 0.4) is 0 Å². The molecule has 1 heterocycles. The molecule has 5 nitrogen and oxygen atoms in total. The largest absolute Gasteiger partial charge is 0.481 e. The van der Waals surface area contributed by atoms with Crippen molar-refractivity contribution in [3.05, 3.63) is 72.6 Å². The summed E-state index contributed by atoms with van der Waals surface area (Å²) in [6.07, 6.45) is 3.95. The third kappa shape index (κ3) is 4.66. The highest BCUT2D eigenvalue weighted by molar-refractivity contribution is 6.00. The molecule has 0 saturated carbocycles. The number of hydrogen-bond donors (Lipinski definition) is 2. The Bertz CT molecular complexity index is 902. The summed E-state index contributed by atoms with van der Waals surface area (Å²) in [6, 6.07) is 19.9. The van der Waals surface area contributed by atoms with E-state index in [2.05, 4.69) is 33.7 Å². The fraction of sp³-hybridized carbons (Fsp3) is 0.190. The zero-order valence-corrected chi connectivity index (χ0v) is 14.4. The lowest BCUT2D eigenvalue weighted by molar-refractivity contribution is -0.137. The second-order valence-electron chi connectivity index (χ2n) is 6.01. The molecule has 3 aromatic rings. The summed E-state index contributed by atoms with van der Waals surface area (Å²) in [4.78, 5) is 15.1. The van der Waals surface area contributed by atoms with Crippen LogP contribution >= 0.6 is 0 Å². The number of carboxylic acid groups (broad SMARTS) is 1. The van der Waals surface area contributed by atoms with Crippen molar-refractivity contribution in [2.24, 2.45) is 5.10 Å². The zero-order chi connectivity index (χ0) is 18.2. The average Bonchev–Trinajstić information content (AvgIpc) is 2.68. The number of nitrogens with one attached hydrogen (secondary N) is 1. The first kappa shape index (κ1) is 17.6. The second kappa shape index (κ2) is 8.76. The highest BCUT2D eigenvalue weighted by Crippen LogP contribution is 2.23. The van der Waals surface area contributed by atoms with E-state index in [1.807, 2.05) is 42.5 Å². The van der Waals surface area contributed by atoms with Crippen LogP contribution in [0.1, 0.15) is 31.4 Å². The van der Waals surface area contributed by atoms with Crippen LogP contribution in [0.25, 0.3) is 10.8 Å². The third-order valence-electron chi connectivity index (χ3n) is 4.12. The maximum atomic E-state index is 10.7. The molecule has 5 heteroatoms. The van der Waals surface area contributed by atoms with Gasteiger partial charge in [-0.3, -0.25) is 15.2 Å². The number of aliphatic carboxylic acids is 1. The van der Waals surface area contributed by atoms with Gasteiger partial charge in [0.15, 0.2) is 0 Å². The van der Waals surface area contributed by atoms with Crippen LogP contribution in [0.15, 0.2) is 72.0 Å². The molecular formula is C21H21N3O2. The fourth-order valence-corrected chi connectivity index (χ4v) is 2.79. The standard InChI is InChI=1S/C21H21N3O2/c25-21(26)14-4-3-12-20(19-11-5-6-15-22-19)24-23-18-13-7-9-16-8-1-2-10-17(16)18/h1-2,5-11,13,15,23H,3-4,12,14H2,(H,25,26)/b24-20+. The van der Waals surface area contributed by atoms with Crippen molar-refractivity contribution < 1.29 is 9.90 Å². The van der Waals surface area contributed by atoms with Gasteiger partial charge in [0.2, 0.25) is 0 Å². The number of fused-ring (bicyclic) bond motifs is 1. The SMILES string of the molecule is O=C(O)CCCC/C(=N\Nc1cccc2ccccc12)c1ccccn1. The minimum Gasteiger partial charge on any atom is -0.481 e. The van der Waals surface area contributed by atoms with E-state index >= 15 is 0 Å². The molecule has 0 fully saturated rings. The van der Waals surface area contributed by atoms with Crippen molar-refractivity contribution >= 4 is 28.1 Å². The molecule has 0 radical (unpaired) electrons. The van der Waals surface area contributed by atoms with E-state index in [4.69, 9.17) is 5.11 Å². The Kier molecular flexibility index (Phi) is 5.93. The zero-order valence-electron chi connectivity index (χ0n) is 14.4. The van der Waals surface area contributed by atoms with Crippen LogP contribution in [-0.4, -0.2) is 21.8 Å². The van der Waals surface area contributed by atoms with Gasteiger partial charge in [0.05, 0.1) is 17.1 Å². The number of nitrogens with zero attached hydrogens (tertiary/aromatic N) is 2. The molecule has 0 unspecified atom stereocenters. The van der Waals surface area contributed by atoms with E-state index in [1.165, 1.54) is 0 Å². The predicted molar refractivity (Wildman–Crippen MR) is 104 cm³/mol. The van der Waals surface area contributed by atoms with Gasteiger partial charge in [-0.1, -0.05) is 42.5 Å². The molecule has 0 saturated heterocycles. The quantitative estimate of drug-likeness (QED) is 0.352. The summed E-state index contributed by atoms with van der Waals surface area (Å²) in [5.41, 5.74) is 5.72. The second-order valence-corrected chi connectivity index (χ2v) is 6.01.